The van der Waals surface area contributed by atoms with Crippen molar-refractivity contribution in [3.05, 3.63) is 59.7 Å². The predicted molar refractivity (Wildman–Crippen MR) is 112 cm³/mol. The third kappa shape index (κ3) is 3.83. The van der Waals surface area contributed by atoms with Crippen LogP contribution < -0.4 is 20.1 Å². The summed E-state index contributed by atoms with van der Waals surface area (Å²) in [5.74, 6) is 2.18. The highest BCUT2D eigenvalue weighted by molar-refractivity contribution is 6.07. The van der Waals surface area contributed by atoms with Crippen LogP contribution in [0.5, 0.6) is 11.5 Å². The molecule has 1 aliphatic heterocycles. The largest absolute Gasteiger partial charge is 0.490 e. The number of nitrogens with zero attached hydrogens (tertiary/aromatic N) is 1. The van der Waals surface area contributed by atoms with E-state index in [0.29, 0.717) is 37.2 Å². The Balaban J connectivity index is 1.43. The maximum absolute atomic E-state index is 12.8. The van der Waals surface area contributed by atoms with Gasteiger partial charge in [-0.2, -0.15) is 0 Å². The first-order chi connectivity index (χ1) is 14.3. The van der Waals surface area contributed by atoms with E-state index in [-0.39, 0.29) is 5.91 Å². The van der Waals surface area contributed by atoms with E-state index in [1.54, 1.807) is 0 Å². The second kappa shape index (κ2) is 7.62. The smallest absolute Gasteiger partial charge is 0.252 e. The number of amides is 1. The summed E-state index contributed by atoms with van der Waals surface area (Å²) in [7, 11) is 0. The Morgan fingerprint density at radius 2 is 1.93 bits per heavy atom. The summed E-state index contributed by atoms with van der Waals surface area (Å²) in [6.45, 7) is 1.83. The molecule has 3 aromatic rings. The van der Waals surface area contributed by atoms with Gasteiger partial charge in [-0.05, 0) is 31.0 Å². The Morgan fingerprint density at radius 3 is 2.83 bits per heavy atom. The lowest BCUT2D eigenvalue weighted by Gasteiger charge is -2.14. The molecule has 0 spiro atoms. The van der Waals surface area contributed by atoms with Gasteiger partial charge in [0.2, 0.25) is 0 Å². The zero-order valence-electron chi connectivity index (χ0n) is 16.1. The van der Waals surface area contributed by atoms with Crippen LogP contribution in [0.2, 0.25) is 0 Å². The summed E-state index contributed by atoms with van der Waals surface area (Å²) in [4.78, 5) is 17.5. The van der Waals surface area contributed by atoms with Crippen LogP contribution in [0.3, 0.4) is 0 Å². The molecule has 0 radical (unpaired) electrons. The summed E-state index contributed by atoms with van der Waals surface area (Å²) in [6, 6.07) is 15.8. The lowest BCUT2D eigenvalue weighted by molar-refractivity contribution is 0.0952. The molecule has 5 rings (SSSR count). The average Bonchev–Trinajstić information content (AvgIpc) is 3.58. The Bertz CT molecular complexity index is 1060. The molecule has 1 aliphatic carbocycles. The Labute approximate surface area is 169 Å². The molecule has 0 unspecified atom stereocenters. The molecule has 0 atom stereocenters. The molecule has 2 N–H and O–H groups in total. The van der Waals surface area contributed by atoms with Crippen LogP contribution in [0.25, 0.3) is 10.9 Å². The summed E-state index contributed by atoms with van der Waals surface area (Å²) >= 11 is 0. The highest BCUT2D eigenvalue weighted by atomic mass is 16.5. The van der Waals surface area contributed by atoms with E-state index in [1.165, 1.54) is 0 Å². The van der Waals surface area contributed by atoms with Gasteiger partial charge in [-0.15, -0.1) is 0 Å². The van der Waals surface area contributed by atoms with Gasteiger partial charge < -0.3 is 20.1 Å². The monoisotopic (exact) mass is 389 g/mol. The molecule has 2 aliphatic rings. The van der Waals surface area contributed by atoms with Gasteiger partial charge in [-0.1, -0.05) is 30.3 Å². The number of rotatable bonds is 5. The molecule has 148 valence electrons. The van der Waals surface area contributed by atoms with E-state index < -0.39 is 0 Å². The van der Waals surface area contributed by atoms with Gasteiger partial charge in [-0.3, -0.25) is 4.79 Å². The van der Waals surface area contributed by atoms with E-state index in [1.807, 2.05) is 48.5 Å². The molecule has 1 amide bonds. The first-order valence-electron chi connectivity index (χ1n) is 10.1. The molecule has 6 heteroatoms. The van der Waals surface area contributed by atoms with Gasteiger partial charge in [0.1, 0.15) is 5.82 Å². The first-order valence-corrected chi connectivity index (χ1v) is 10.1. The highest BCUT2D eigenvalue weighted by Gasteiger charge is 2.25. The number of para-hydroxylation sites is 2. The molecule has 0 bridgehead atoms. The van der Waals surface area contributed by atoms with Crippen molar-refractivity contribution >= 4 is 22.6 Å². The maximum atomic E-state index is 12.8. The number of carbonyl (C=O) groups excluding carboxylic acids is 1. The van der Waals surface area contributed by atoms with Crippen LogP contribution in [0.1, 0.15) is 35.2 Å². The fourth-order valence-corrected chi connectivity index (χ4v) is 3.52. The van der Waals surface area contributed by atoms with Crippen molar-refractivity contribution in [2.45, 2.75) is 31.8 Å². The van der Waals surface area contributed by atoms with E-state index in [4.69, 9.17) is 14.5 Å². The van der Waals surface area contributed by atoms with Crippen molar-refractivity contribution in [3.63, 3.8) is 0 Å². The molecule has 1 fully saturated rings. The molecule has 1 saturated carbocycles. The van der Waals surface area contributed by atoms with Gasteiger partial charge in [0.15, 0.2) is 11.5 Å². The van der Waals surface area contributed by atoms with Crippen molar-refractivity contribution in [3.8, 4) is 11.5 Å². The zero-order chi connectivity index (χ0) is 19.6. The molecule has 0 saturated heterocycles. The number of hydrogen-bond donors (Lipinski definition) is 2. The minimum Gasteiger partial charge on any atom is -0.490 e. The molecule has 2 aromatic carbocycles. The van der Waals surface area contributed by atoms with Crippen LogP contribution in [0.4, 0.5) is 5.82 Å². The Morgan fingerprint density at radius 1 is 1.07 bits per heavy atom. The van der Waals surface area contributed by atoms with Crippen molar-refractivity contribution in [1.29, 1.82) is 0 Å². The second-order valence-corrected chi connectivity index (χ2v) is 7.47. The Hall–Kier alpha value is -3.28. The van der Waals surface area contributed by atoms with Crippen LogP contribution in [-0.4, -0.2) is 30.1 Å². The number of ether oxygens (including phenoxy) is 2. The molecule has 1 aromatic heterocycles. The molecule has 29 heavy (non-hydrogen) atoms. The number of fused-ring (bicyclic) bond motifs is 2. The summed E-state index contributed by atoms with van der Waals surface area (Å²) < 4.78 is 11.7. The van der Waals surface area contributed by atoms with Crippen molar-refractivity contribution < 1.29 is 14.3 Å². The molecular weight excluding hydrogens is 366 g/mol. The van der Waals surface area contributed by atoms with Gasteiger partial charge in [-0.25, -0.2) is 4.98 Å². The maximum Gasteiger partial charge on any atom is 0.252 e. The normalized spacial score (nSPS) is 15.6. The SMILES string of the molecule is O=C(NC1CC1)c1cc(NCc2cccc3c2OCCCO3)nc2ccccc12. The molecule has 6 nitrogen and oxygen atoms in total. The summed E-state index contributed by atoms with van der Waals surface area (Å²) in [6.07, 6.45) is 2.98. The van der Waals surface area contributed by atoms with E-state index >= 15 is 0 Å². The lowest BCUT2D eigenvalue weighted by Crippen LogP contribution is -2.25. The number of aromatic nitrogens is 1. The highest BCUT2D eigenvalue weighted by Crippen LogP contribution is 2.33. The van der Waals surface area contributed by atoms with Crippen LogP contribution in [0, 0.1) is 0 Å². The summed E-state index contributed by atoms with van der Waals surface area (Å²) in [5.41, 5.74) is 2.45. The van der Waals surface area contributed by atoms with E-state index in [0.717, 1.165) is 47.2 Å². The van der Waals surface area contributed by atoms with Crippen LogP contribution in [0.15, 0.2) is 48.5 Å². The van der Waals surface area contributed by atoms with Crippen LogP contribution in [-0.2, 0) is 6.54 Å². The summed E-state index contributed by atoms with van der Waals surface area (Å²) in [5, 5.41) is 7.30. The zero-order valence-corrected chi connectivity index (χ0v) is 16.1. The number of benzene rings is 2. The number of carbonyl (C=O) groups is 1. The second-order valence-electron chi connectivity index (χ2n) is 7.47. The fraction of sp³-hybridized carbons (Fsp3) is 0.304. The van der Waals surface area contributed by atoms with Gasteiger partial charge >= 0.3 is 0 Å². The minimum atomic E-state index is -0.0422. The molecule has 2 heterocycles. The van der Waals surface area contributed by atoms with E-state index in [2.05, 4.69) is 10.6 Å². The lowest BCUT2D eigenvalue weighted by atomic mass is 10.1. The van der Waals surface area contributed by atoms with Crippen molar-refractivity contribution in [2.24, 2.45) is 0 Å². The van der Waals surface area contributed by atoms with Gasteiger partial charge in [0.05, 0.1) is 24.3 Å². The minimum absolute atomic E-state index is 0.0422. The van der Waals surface area contributed by atoms with Crippen LogP contribution >= 0.6 is 0 Å². The average molecular weight is 389 g/mol. The number of nitrogens with one attached hydrogen (secondary N) is 2. The number of anilines is 1. The van der Waals surface area contributed by atoms with Crippen molar-refractivity contribution in [1.82, 2.24) is 10.3 Å². The van der Waals surface area contributed by atoms with Gasteiger partial charge in [0, 0.05) is 30.0 Å². The quantitative estimate of drug-likeness (QED) is 0.692. The van der Waals surface area contributed by atoms with Gasteiger partial charge in [0.25, 0.3) is 5.91 Å². The van der Waals surface area contributed by atoms with Crippen molar-refractivity contribution in [2.75, 3.05) is 18.5 Å². The third-order valence-electron chi connectivity index (χ3n) is 5.19. The standard InChI is InChI=1S/C23H23N3O3/c27-23(25-16-9-10-16)18-13-21(26-19-7-2-1-6-17(18)19)24-14-15-5-3-8-20-22(15)29-12-4-11-28-20/h1-3,5-8,13,16H,4,9-12,14H2,(H,24,26)(H,25,27). The topological polar surface area (TPSA) is 72.5 Å². The number of pyridine rings is 1. The predicted octanol–water partition coefficient (Wildman–Crippen LogP) is 3.90. The Kier molecular flexibility index (Phi) is 4.68. The first kappa shape index (κ1) is 17.8. The molecular formula is C23H23N3O3. The third-order valence-corrected chi connectivity index (χ3v) is 5.19. The fourth-order valence-electron chi connectivity index (χ4n) is 3.52. The van der Waals surface area contributed by atoms with E-state index in [9.17, 15) is 4.79 Å². The number of hydrogen-bond acceptors (Lipinski definition) is 5.